The second-order valence-corrected chi connectivity index (χ2v) is 6.78. The number of hydrogen-bond acceptors (Lipinski definition) is 6. The lowest BCUT2D eigenvalue weighted by atomic mass is 10.1. The summed E-state index contributed by atoms with van der Waals surface area (Å²) < 4.78 is 52.8. The average molecular weight is 403 g/mol. The van der Waals surface area contributed by atoms with Crippen LogP contribution in [0.4, 0.5) is 19.1 Å². The van der Waals surface area contributed by atoms with Crippen molar-refractivity contribution in [1.82, 2.24) is 9.55 Å². The van der Waals surface area contributed by atoms with E-state index in [9.17, 15) is 13.2 Å². The average Bonchev–Trinajstić information content (AvgIpc) is 2.86. The molecule has 0 radical (unpaired) electrons. The van der Waals surface area contributed by atoms with Gasteiger partial charge in [-0.25, -0.2) is 9.98 Å². The van der Waals surface area contributed by atoms with Gasteiger partial charge in [-0.15, -0.1) is 0 Å². The fourth-order valence-corrected chi connectivity index (χ4v) is 3.52. The first kappa shape index (κ1) is 17.7. The molecule has 0 bridgehead atoms. The predicted octanol–water partition coefficient (Wildman–Crippen LogP) is 3.50. The third-order valence-electron chi connectivity index (χ3n) is 4.82. The number of anilines is 1. The Morgan fingerprint density at radius 1 is 1.10 bits per heavy atom. The number of halogens is 3. The summed E-state index contributed by atoms with van der Waals surface area (Å²) in [5.41, 5.74) is 6.72. The maximum Gasteiger partial charge on any atom is 0.416 e. The number of rotatable bonds is 1. The number of nitrogens with one attached hydrogen (secondary N) is 1. The van der Waals surface area contributed by atoms with E-state index in [2.05, 4.69) is 15.3 Å². The molecule has 10 heteroatoms. The molecule has 2 aliphatic heterocycles. The summed E-state index contributed by atoms with van der Waals surface area (Å²) in [6.45, 7) is 1.05. The highest BCUT2D eigenvalue weighted by molar-refractivity contribution is 5.95. The molecule has 3 N–H and O–H groups in total. The van der Waals surface area contributed by atoms with Crippen molar-refractivity contribution in [1.29, 1.82) is 0 Å². The molecule has 0 aliphatic carbocycles. The molecule has 3 aromatic rings. The van der Waals surface area contributed by atoms with Crippen molar-refractivity contribution in [2.24, 2.45) is 10.7 Å². The number of guanidine groups is 1. The predicted molar refractivity (Wildman–Crippen MR) is 100 cm³/mol. The highest BCUT2D eigenvalue weighted by atomic mass is 19.4. The third kappa shape index (κ3) is 3.00. The Morgan fingerprint density at radius 3 is 2.62 bits per heavy atom. The van der Waals surface area contributed by atoms with Gasteiger partial charge in [-0.3, -0.25) is 9.88 Å². The Labute approximate surface area is 162 Å². The first-order chi connectivity index (χ1) is 13.9. The Hall–Kier alpha value is -3.43. The van der Waals surface area contributed by atoms with E-state index < -0.39 is 17.9 Å². The second-order valence-electron chi connectivity index (χ2n) is 6.78. The standard InChI is InChI=1S/C19H16F3N5O2/c20-19(21,22)11-4-1-3-10(7-11)16-25-17(23)26-18-24-12-8-14-15(9-13(12)27(16)18)29-6-2-5-28-14/h1,3-4,7-9,16H,2,5-6H2,(H3,23,24,25,26)/t16-/m0/s1. The number of hydrogen-bond donors (Lipinski definition) is 2. The molecule has 2 aliphatic rings. The molecule has 0 saturated heterocycles. The van der Waals surface area contributed by atoms with Crippen LogP contribution in [0.25, 0.3) is 11.0 Å². The van der Waals surface area contributed by atoms with Gasteiger partial charge in [0.05, 0.1) is 29.8 Å². The van der Waals surface area contributed by atoms with Crippen LogP contribution in [0.15, 0.2) is 41.4 Å². The molecule has 150 valence electrons. The van der Waals surface area contributed by atoms with E-state index >= 15 is 0 Å². The number of nitrogens with two attached hydrogens (primary N) is 1. The molecular weight excluding hydrogens is 387 g/mol. The van der Waals surface area contributed by atoms with Crippen molar-refractivity contribution in [3.8, 4) is 11.5 Å². The Morgan fingerprint density at radius 2 is 1.86 bits per heavy atom. The van der Waals surface area contributed by atoms with Crippen LogP contribution in [0.2, 0.25) is 0 Å². The van der Waals surface area contributed by atoms with Crippen LogP contribution in [0.1, 0.15) is 23.7 Å². The van der Waals surface area contributed by atoms with E-state index in [0.717, 1.165) is 18.6 Å². The molecular formula is C19H16F3N5O2. The molecule has 0 spiro atoms. The van der Waals surface area contributed by atoms with Crippen LogP contribution in [-0.4, -0.2) is 28.7 Å². The molecule has 3 heterocycles. The quantitative estimate of drug-likeness (QED) is 0.650. The largest absolute Gasteiger partial charge is 0.489 e. The molecule has 2 aromatic carbocycles. The summed E-state index contributed by atoms with van der Waals surface area (Å²) in [5, 5.41) is 2.87. The van der Waals surface area contributed by atoms with Crippen LogP contribution in [-0.2, 0) is 6.18 Å². The first-order valence-electron chi connectivity index (χ1n) is 8.99. The van der Waals surface area contributed by atoms with E-state index in [-0.39, 0.29) is 5.96 Å². The lowest BCUT2D eigenvalue weighted by Gasteiger charge is -2.24. The van der Waals surface area contributed by atoms with Crippen molar-refractivity contribution in [3.05, 3.63) is 47.5 Å². The van der Waals surface area contributed by atoms with Gasteiger partial charge in [0.15, 0.2) is 23.6 Å². The molecule has 1 atom stereocenters. The number of imidazole rings is 1. The highest BCUT2D eigenvalue weighted by Gasteiger charge is 2.32. The van der Waals surface area contributed by atoms with Gasteiger partial charge < -0.3 is 15.2 Å². The lowest BCUT2D eigenvalue weighted by molar-refractivity contribution is -0.137. The van der Waals surface area contributed by atoms with Crippen molar-refractivity contribution in [2.45, 2.75) is 18.8 Å². The maximum absolute atomic E-state index is 13.2. The minimum Gasteiger partial charge on any atom is -0.489 e. The Balaban J connectivity index is 1.68. The molecule has 5 rings (SSSR count). The van der Waals surface area contributed by atoms with E-state index in [4.69, 9.17) is 15.2 Å². The lowest BCUT2D eigenvalue weighted by Crippen LogP contribution is -2.31. The zero-order chi connectivity index (χ0) is 20.2. The van der Waals surface area contributed by atoms with Crippen LogP contribution in [0.5, 0.6) is 11.5 Å². The Kier molecular flexibility index (Phi) is 3.83. The van der Waals surface area contributed by atoms with Crippen molar-refractivity contribution >= 4 is 22.9 Å². The van der Waals surface area contributed by atoms with Crippen LogP contribution < -0.4 is 20.5 Å². The number of ether oxygens (including phenoxy) is 2. The van der Waals surface area contributed by atoms with Gasteiger partial charge in [-0.1, -0.05) is 12.1 Å². The summed E-state index contributed by atoms with van der Waals surface area (Å²) in [5.74, 6) is 1.59. The van der Waals surface area contributed by atoms with Crippen molar-refractivity contribution in [3.63, 3.8) is 0 Å². The van der Waals surface area contributed by atoms with E-state index in [0.29, 0.717) is 47.3 Å². The van der Waals surface area contributed by atoms with Gasteiger partial charge in [-0.2, -0.15) is 13.2 Å². The van der Waals surface area contributed by atoms with E-state index in [1.165, 1.54) is 6.07 Å². The normalized spacial score (nSPS) is 18.6. The summed E-state index contributed by atoms with van der Waals surface area (Å²) in [7, 11) is 0. The van der Waals surface area contributed by atoms with Gasteiger partial charge >= 0.3 is 6.18 Å². The maximum atomic E-state index is 13.2. The summed E-state index contributed by atoms with van der Waals surface area (Å²) in [6, 6.07) is 8.56. The SMILES string of the molecule is NC1=N[C@H](c2cccc(C(F)(F)F)c2)n2c(nc3cc4c(cc32)OCCCO4)N1. The molecule has 0 saturated carbocycles. The first-order valence-corrected chi connectivity index (χ1v) is 8.99. The number of aromatic nitrogens is 2. The zero-order valence-electron chi connectivity index (χ0n) is 15.0. The molecule has 0 amide bonds. The van der Waals surface area contributed by atoms with Crippen LogP contribution >= 0.6 is 0 Å². The third-order valence-corrected chi connectivity index (χ3v) is 4.82. The monoisotopic (exact) mass is 403 g/mol. The zero-order valence-corrected chi connectivity index (χ0v) is 15.0. The molecule has 0 unspecified atom stereocenters. The fourth-order valence-electron chi connectivity index (χ4n) is 3.52. The number of nitrogens with zero attached hydrogens (tertiary/aromatic N) is 3. The summed E-state index contributed by atoms with van der Waals surface area (Å²) >= 11 is 0. The fraction of sp³-hybridized carbons (Fsp3) is 0.263. The van der Waals surface area contributed by atoms with Crippen LogP contribution in [0, 0.1) is 0 Å². The van der Waals surface area contributed by atoms with Gasteiger partial charge in [0, 0.05) is 18.6 Å². The smallest absolute Gasteiger partial charge is 0.416 e. The number of aliphatic imine (C=N–C) groups is 1. The second kappa shape index (κ2) is 6.29. The van der Waals surface area contributed by atoms with Gasteiger partial charge in [-0.05, 0) is 17.7 Å². The number of benzene rings is 2. The minimum absolute atomic E-state index is 0.0734. The van der Waals surface area contributed by atoms with Gasteiger partial charge in [0.1, 0.15) is 0 Å². The van der Waals surface area contributed by atoms with Gasteiger partial charge in [0.2, 0.25) is 5.95 Å². The van der Waals surface area contributed by atoms with Crippen LogP contribution in [0.3, 0.4) is 0 Å². The van der Waals surface area contributed by atoms with Gasteiger partial charge in [0.25, 0.3) is 0 Å². The minimum atomic E-state index is -4.46. The summed E-state index contributed by atoms with van der Waals surface area (Å²) in [6.07, 6.45) is -4.50. The molecule has 29 heavy (non-hydrogen) atoms. The molecule has 7 nitrogen and oxygen atoms in total. The number of alkyl halides is 3. The summed E-state index contributed by atoms with van der Waals surface area (Å²) in [4.78, 5) is 8.86. The van der Waals surface area contributed by atoms with Crippen molar-refractivity contribution in [2.75, 3.05) is 18.5 Å². The van der Waals surface area contributed by atoms with Crippen molar-refractivity contribution < 1.29 is 22.6 Å². The molecule has 0 fully saturated rings. The Bertz CT molecular complexity index is 1140. The van der Waals surface area contributed by atoms with E-state index in [1.54, 1.807) is 22.8 Å². The van der Waals surface area contributed by atoms with E-state index in [1.807, 2.05) is 0 Å². The molecule has 1 aromatic heterocycles. The topological polar surface area (TPSA) is 86.7 Å². The number of fused-ring (bicyclic) bond motifs is 4. The highest BCUT2D eigenvalue weighted by Crippen LogP contribution is 2.40.